The van der Waals surface area contributed by atoms with E-state index in [1.54, 1.807) is 0 Å². The van der Waals surface area contributed by atoms with Crippen molar-refractivity contribution in [1.82, 2.24) is 4.90 Å². The second kappa shape index (κ2) is 6.61. The summed E-state index contributed by atoms with van der Waals surface area (Å²) < 4.78 is 11.2. The highest BCUT2D eigenvalue weighted by Crippen LogP contribution is 2.14. The molecule has 1 fully saturated rings. The molecule has 1 aliphatic rings. The van der Waals surface area contributed by atoms with Gasteiger partial charge < -0.3 is 15.2 Å². The van der Waals surface area contributed by atoms with Gasteiger partial charge in [0, 0.05) is 24.8 Å². The van der Waals surface area contributed by atoms with E-state index in [1.165, 1.54) is 0 Å². The number of nitrogen functional groups attached to an aromatic ring is 1. The monoisotopic (exact) mass is 250 g/mol. The van der Waals surface area contributed by atoms with Gasteiger partial charge in [-0.1, -0.05) is 6.92 Å². The Morgan fingerprint density at radius 1 is 1.39 bits per heavy atom. The van der Waals surface area contributed by atoms with Crippen LogP contribution in [0.2, 0.25) is 0 Å². The van der Waals surface area contributed by atoms with Gasteiger partial charge in [-0.2, -0.15) is 0 Å². The molecule has 0 spiro atoms. The van der Waals surface area contributed by atoms with E-state index in [4.69, 9.17) is 15.2 Å². The van der Waals surface area contributed by atoms with E-state index in [1.807, 2.05) is 24.3 Å². The summed E-state index contributed by atoms with van der Waals surface area (Å²) in [5.74, 6) is 0.880. The maximum absolute atomic E-state index is 5.72. The van der Waals surface area contributed by atoms with Crippen LogP contribution in [-0.2, 0) is 4.74 Å². The number of nitrogens with two attached hydrogens (primary N) is 1. The second-order valence-electron chi connectivity index (χ2n) is 4.59. The van der Waals surface area contributed by atoms with Gasteiger partial charge in [-0.3, -0.25) is 4.90 Å². The van der Waals surface area contributed by atoms with Gasteiger partial charge in [-0.05, 0) is 30.7 Å². The minimum atomic E-state index is 0.536. The predicted molar refractivity (Wildman–Crippen MR) is 72.8 cm³/mol. The first-order valence-electron chi connectivity index (χ1n) is 6.59. The van der Waals surface area contributed by atoms with Crippen LogP contribution in [0.25, 0.3) is 0 Å². The van der Waals surface area contributed by atoms with E-state index in [0.717, 1.165) is 44.2 Å². The predicted octanol–water partition coefficient (Wildman–Crippen LogP) is 1.76. The van der Waals surface area contributed by atoms with Crippen LogP contribution in [0.15, 0.2) is 24.3 Å². The van der Waals surface area contributed by atoms with Crippen LogP contribution < -0.4 is 10.5 Å². The summed E-state index contributed by atoms with van der Waals surface area (Å²) in [6.45, 7) is 6.54. The number of benzene rings is 1. The number of ether oxygens (including phenoxy) is 2. The number of rotatable bonds is 5. The molecule has 1 heterocycles. The molecule has 1 atom stereocenters. The molecule has 1 aliphatic heterocycles. The van der Waals surface area contributed by atoms with Crippen molar-refractivity contribution in [2.24, 2.45) is 0 Å². The lowest BCUT2D eigenvalue weighted by Crippen LogP contribution is -2.46. The number of hydrogen-bond donors (Lipinski definition) is 1. The fourth-order valence-electron chi connectivity index (χ4n) is 2.20. The Kier molecular flexibility index (Phi) is 4.84. The van der Waals surface area contributed by atoms with Gasteiger partial charge in [0.15, 0.2) is 0 Å². The molecule has 4 heteroatoms. The largest absolute Gasteiger partial charge is 0.492 e. The molecule has 1 unspecified atom stereocenters. The summed E-state index contributed by atoms with van der Waals surface area (Å²) in [6.07, 6.45) is 1.13. The van der Waals surface area contributed by atoms with Crippen LogP contribution in [0.5, 0.6) is 5.75 Å². The molecule has 2 N–H and O–H groups in total. The van der Waals surface area contributed by atoms with Gasteiger partial charge in [-0.15, -0.1) is 0 Å². The molecule has 0 bridgehead atoms. The zero-order valence-electron chi connectivity index (χ0n) is 11.0. The van der Waals surface area contributed by atoms with Crippen molar-refractivity contribution in [2.75, 3.05) is 38.6 Å². The van der Waals surface area contributed by atoms with Crippen molar-refractivity contribution in [3.63, 3.8) is 0 Å². The zero-order valence-corrected chi connectivity index (χ0v) is 11.0. The summed E-state index contributed by atoms with van der Waals surface area (Å²) in [5.41, 5.74) is 6.40. The third-order valence-corrected chi connectivity index (χ3v) is 3.35. The van der Waals surface area contributed by atoms with Crippen LogP contribution in [0.1, 0.15) is 13.3 Å². The number of anilines is 1. The Balaban J connectivity index is 1.75. The average Bonchev–Trinajstić information content (AvgIpc) is 2.41. The molecule has 1 aromatic carbocycles. The lowest BCUT2D eigenvalue weighted by molar-refractivity contribution is -0.0132. The highest BCUT2D eigenvalue weighted by atomic mass is 16.5. The van der Waals surface area contributed by atoms with Crippen molar-refractivity contribution in [2.45, 2.75) is 19.4 Å². The van der Waals surface area contributed by atoms with Gasteiger partial charge in [0.25, 0.3) is 0 Å². The first-order chi connectivity index (χ1) is 8.79. The third-order valence-electron chi connectivity index (χ3n) is 3.35. The van der Waals surface area contributed by atoms with E-state index in [-0.39, 0.29) is 0 Å². The lowest BCUT2D eigenvalue weighted by Gasteiger charge is -2.34. The molecular formula is C14H22N2O2. The fraction of sp³-hybridized carbons (Fsp3) is 0.571. The van der Waals surface area contributed by atoms with E-state index in [2.05, 4.69) is 11.8 Å². The van der Waals surface area contributed by atoms with E-state index < -0.39 is 0 Å². The summed E-state index contributed by atoms with van der Waals surface area (Å²) in [7, 11) is 0. The highest BCUT2D eigenvalue weighted by molar-refractivity contribution is 5.41. The van der Waals surface area contributed by atoms with E-state index in [0.29, 0.717) is 12.6 Å². The van der Waals surface area contributed by atoms with Crippen molar-refractivity contribution < 1.29 is 9.47 Å². The standard InChI is InChI=1S/C14H22N2O2/c1-2-13-11-17-9-7-16(13)8-10-18-14-5-3-12(15)4-6-14/h3-6,13H,2,7-11,15H2,1H3. The summed E-state index contributed by atoms with van der Waals surface area (Å²) in [5, 5.41) is 0. The molecule has 100 valence electrons. The Morgan fingerprint density at radius 3 is 2.89 bits per heavy atom. The molecule has 18 heavy (non-hydrogen) atoms. The summed E-state index contributed by atoms with van der Waals surface area (Å²) in [6, 6.07) is 8.07. The van der Waals surface area contributed by atoms with Crippen LogP contribution in [-0.4, -0.2) is 43.9 Å². The van der Waals surface area contributed by atoms with Crippen molar-refractivity contribution in [3.05, 3.63) is 24.3 Å². The van der Waals surface area contributed by atoms with Crippen molar-refractivity contribution in [3.8, 4) is 5.75 Å². The molecular weight excluding hydrogens is 228 g/mol. The Hall–Kier alpha value is -1.26. The lowest BCUT2D eigenvalue weighted by atomic mass is 10.2. The molecule has 0 aromatic heterocycles. The van der Waals surface area contributed by atoms with Gasteiger partial charge in [0.2, 0.25) is 0 Å². The quantitative estimate of drug-likeness (QED) is 0.809. The molecule has 0 aliphatic carbocycles. The zero-order chi connectivity index (χ0) is 12.8. The van der Waals surface area contributed by atoms with E-state index in [9.17, 15) is 0 Å². The van der Waals surface area contributed by atoms with Crippen molar-refractivity contribution in [1.29, 1.82) is 0 Å². The third kappa shape index (κ3) is 3.62. The molecule has 0 saturated carbocycles. The van der Waals surface area contributed by atoms with Crippen LogP contribution >= 0.6 is 0 Å². The summed E-state index contributed by atoms with van der Waals surface area (Å²) >= 11 is 0. The fourth-order valence-corrected chi connectivity index (χ4v) is 2.20. The molecule has 2 rings (SSSR count). The van der Waals surface area contributed by atoms with Gasteiger partial charge in [0.05, 0.1) is 13.2 Å². The van der Waals surface area contributed by atoms with Gasteiger partial charge in [-0.25, -0.2) is 0 Å². The molecule has 1 aromatic rings. The van der Waals surface area contributed by atoms with Crippen LogP contribution in [0, 0.1) is 0 Å². The molecule has 0 radical (unpaired) electrons. The number of nitrogens with zero attached hydrogens (tertiary/aromatic N) is 1. The number of hydrogen-bond acceptors (Lipinski definition) is 4. The summed E-state index contributed by atoms with van der Waals surface area (Å²) in [4.78, 5) is 2.45. The topological polar surface area (TPSA) is 47.7 Å². The average molecular weight is 250 g/mol. The smallest absolute Gasteiger partial charge is 0.119 e. The SMILES string of the molecule is CCC1COCCN1CCOc1ccc(N)cc1. The van der Waals surface area contributed by atoms with Crippen LogP contribution in [0.4, 0.5) is 5.69 Å². The minimum absolute atomic E-state index is 0.536. The maximum atomic E-state index is 5.72. The first-order valence-corrected chi connectivity index (χ1v) is 6.59. The highest BCUT2D eigenvalue weighted by Gasteiger charge is 2.20. The Labute approximate surface area is 109 Å². The van der Waals surface area contributed by atoms with Gasteiger partial charge in [0.1, 0.15) is 12.4 Å². The minimum Gasteiger partial charge on any atom is -0.492 e. The van der Waals surface area contributed by atoms with E-state index >= 15 is 0 Å². The van der Waals surface area contributed by atoms with Crippen molar-refractivity contribution >= 4 is 5.69 Å². The molecule has 1 saturated heterocycles. The second-order valence-corrected chi connectivity index (χ2v) is 4.59. The Morgan fingerprint density at radius 2 is 2.17 bits per heavy atom. The number of morpholine rings is 1. The Bertz CT molecular complexity index is 353. The molecule has 4 nitrogen and oxygen atoms in total. The normalized spacial score (nSPS) is 20.8. The first kappa shape index (κ1) is 13.2. The maximum Gasteiger partial charge on any atom is 0.119 e. The molecule has 0 amide bonds. The van der Waals surface area contributed by atoms with Crippen LogP contribution in [0.3, 0.4) is 0 Å². The van der Waals surface area contributed by atoms with Gasteiger partial charge >= 0.3 is 0 Å².